The zero-order valence-corrected chi connectivity index (χ0v) is 21.7. The van der Waals surface area contributed by atoms with Crippen LogP contribution in [0.1, 0.15) is 63.5 Å². The summed E-state index contributed by atoms with van der Waals surface area (Å²) in [6.07, 6.45) is 3.27. The number of alkyl halides is 3. The van der Waals surface area contributed by atoms with Gasteiger partial charge in [0.2, 0.25) is 0 Å². The van der Waals surface area contributed by atoms with E-state index < -0.39 is 39.6 Å². The van der Waals surface area contributed by atoms with Gasteiger partial charge in [-0.3, -0.25) is 13.9 Å². The molecule has 1 aliphatic heterocycles. The second-order valence-electron chi connectivity index (χ2n) is 10.2. The molecule has 1 heterocycles. The molecule has 2 fully saturated rings. The number of carbonyl (C=O) groups is 2. The number of aliphatic carboxylic acids is 1. The van der Waals surface area contributed by atoms with Gasteiger partial charge in [0.25, 0.3) is 5.91 Å². The number of aryl methyl sites for hydroxylation is 2. The molecule has 2 aliphatic rings. The zero-order valence-electron chi connectivity index (χ0n) is 20.9. The van der Waals surface area contributed by atoms with Crippen molar-refractivity contribution >= 4 is 33.3 Å². The van der Waals surface area contributed by atoms with E-state index >= 15 is 0 Å². The lowest BCUT2D eigenvalue weighted by Gasteiger charge is -2.31. The number of carboxylic acid groups (broad SMARTS) is 1. The summed E-state index contributed by atoms with van der Waals surface area (Å²) in [5.74, 6) is -1.57. The van der Waals surface area contributed by atoms with E-state index in [0.717, 1.165) is 25.7 Å². The molecule has 1 unspecified atom stereocenters. The van der Waals surface area contributed by atoms with E-state index in [1.807, 2.05) is 0 Å². The summed E-state index contributed by atoms with van der Waals surface area (Å²) in [6, 6.07) is 2.81. The van der Waals surface area contributed by atoms with Gasteiger partial charge in [-0.05, 0) is 64.2 Å². The monoisotopic (exact) mass is 534 g/mol. The minimum Gasteiger partial charge on any atom is -0.481 e. The minimum atomic E-state index is -5.84. The molecule has 0 aromatic heterocycles. The molecule has 3 rings (SSSR count). The molecular weight excluding hydrogens is 501 g/mol. The first-order chi connectivity index (χ1) is 16.6. The van der Waals surface area contributed by atoms with Crippen LogP contribution in [0.5, 0.6) is 0 Å². The average molecular weight is 535 g/mol. The van der Waals surface area contributed by atoms with E-state index in [-0.39, 0.29) is 40.5 Å². The molecule has 0 bridgehead atoms. The van der Waals surface area contributed by atoms with Gasteiger partial charge >= 0.3 is 21.5 Å². The van der Waals surface area contributed by atoms with Crippen molar-refractivity contribution in [2.75, 3.05) is 22.3 Å². The summed E-state index contributed by atoms with van der Waals surface area (Å²) in [5, 5.41) is 9.38. The SMILES string of the molecule is Cc1cc(C)c(N(CCC(C)(C)C(=O)O)S(=O)(=O)C(F)(F)F)cc1N1CCC(OC2CCCC2)C1=O. The van der Waals surface area contributed by atoms with Crippen molar-refractivity contribution in [1.29, 1.82) is 0 Å². The van der Waals surface area contributed by atoms with Crippen molar-refractivity contribution in [3.8, 4) is 0 Å². The molecule has 1 aromatic carbocycles. The first-order valence-corrected chi connectivity index (χ1v) is 13.4. The maximum Gasteiger partial charge on any atom is 0.516 e. The number of hydrogen-bond donors (Lipinski definition) is 1. The van der Waals surface area contributed by atoms with Crippen LogP contribution >= 0.6 is 0 Å². The van der Waals surface area contributed by atoms with Gasteiger partial charge in [0.1, 0.15) is 6.10 Å². The van der Waals surface area contributed by atoms with Crippen LogP contribution in [0.25, 0.3) is 0 Å². The lowest BCUT2D eigenvalue weighted by molar-refractivity contribution is -0.147. The second kappa shape index (κ2) is 10.2. The Bertz CT molecular complexity index is 1110. The molecule has 1 aromatic rings. The molecule has 8 nitrogen and oxygen atoms in total. The highest BCUT2D eigenvalue weighted by atomic mass is 32.2. The Kier molecular flexibility index (Phi) is 8.00. The van der Waals surface area contributed by atoms with E-state index in [4.69, 9.17) is 4.74 Å². The molecule has 202 valence electrons. The molecule has 0 radical (unpaired) electrons. The number of rotatable bonds is 9. The predicted octanol–water partition coefficient (Wildman–Crippen LogP) is 4.52. The number of hydrogen-bond acceptors (Lipinski definition) is 5. The van der Waals surface area contributed by atoms with Gasteiger partial charge in [-0.15, -0.1) is 0 Å². The van der Waals surface area contributed by atoms with Crippen molar-refractivity contribution in [3.05, 3.63) is 23.3 Å². The fourth-order valence-corrected chi connectivity index (χ4v) is 5.69. The van der Waals surface area contributed by atoms with Gasteiger partial charge < -0.3 is 14.7 Å². The third-order valence-electron chi connectivity index (χ3n) is 6.99. The van der Waals surface area contributed by atoms with Crippen LogP contribution in [0.2, 0.25) is 0 Å². The fraction of sp³-hybridized carbons (Fsp3) is 0.667. The summed E-state index contributed by atoms with van der Waals surface area (Å²) < 4.78 is 72.2. The van der Waals surface area contributed by atoms with Crippen LogP contribution in [-0.4, -0.2) is 56.2 Å². The Morgan fingerprint density at radius 2 is 1.75 bits per heavy atom. The number of halogens is 3. The average Bonchev–Trinajstić information content (AvgIpc) is 3.39. The molecule has 1 aliphatic carbocycles. The van der Waals surface area contributed by atoms with Crippen molar-refractivity contribution < 1.29 is 41.0 Å². The highest BCUT2D eigenvalue weighted by Crippen LogP contribution is 2.39. The van der Waals surface area contributed by atoms with Gasteiger partial charge in [-0.2, -0.15) is 21.6 Å². The van der Waals surface area contributed by atoms with Crippen molar-refractivity contribution in [2.24, 2.45) is 5.41 Å². The van der Waals surface area contributed by atoms with Gasteiger partial charge in [0.15, 0.2) is 0 Å². The summed E-state index contributed by atoms with van der Waals surface area (Å²) in [5.41, 5.74) is -6.15. The Labute approximate surface area is 209 Å². The largest absolute Gasteiger partial charge is 0.516 e. The number of nitrogens with zero attached hydrogens (tertiary/aromatic N) is 2. The van der Waals surface area contributed by atoms with Crippen LogP contribution in [0.3, 0.4) is 0 Å². The molecule has 1 amide bonds. The Balaban J connectivity index is 1.98. The Morgan fingerprint density at radius 3 is 2.31 bits per heavy atom. The normalized spacial score (nSPS) is 19.8. The number of carbonyl (C=O) groups excluding carboxylic acids is 1. The Hall–Kier alpha value is -2.34. The molecule has 1 saturated carbocycles. The van der Waals surface area contributed by atoms with Crippen LogP contribution in [0.15, 0.2) is 12.1 Å². The van der Waals surface area contributed by atoms with Crippen molar-refractivity contribution in [3.63, 3.8) is 0 Å². The first-order valence-electron chi connectivity index (χ1n) is 12.0. The second-order valence-corrected chi connectivity index (χ2v) is 12.1. The smallest absolute Gasteiger partial charge is 0.481 e. The van der Waals surface area contributed by atoms with Crippen molar-refractivity contribution in [1.82, 2.24) is 0 Å². The van der Waals surface area contributed by atoms with E-state index in [9.17, 15) is 36.3 Å². The predicted molar refractivity (Wildman–Crippen MR) is 128 cm³/mol. The van der Waals surface area contributed by atoms with E-state index in [0.29, 0.717) is 17.7 Å². The zero-order chi connectivity index (χ0) is 27.1. The lowest BCUT2D eigenvalue weighted by Crippen LogP contribution is -2.43. The fourth-order valence-electron chi connectivity index (χ4n) is 4.65. The molecule has 1 atom stereocenters. The third-order valence-corrected chi connectivity index (χ3v) is 8.54. The molecule has 1 saturated heterocycles. The van der Waals surface area contributed by atoms with Gasteiger partial charge in [-0.1, -0.05) is 18.9 Å². The molecule has 36 heavy (non-hydrogen) atoms. The number of amides is 1. The van der Waals surface area contributed by atoms with Crippen LogP contribution in [0.4, 0.5) is 24.5 Å². The number of sulfonamides is 1. The van der Waals surface area contributed by atoms with Gasteiger partial charge in [-0.25, -0.2) is 0 Å². The van der Waals surface area contributed by atoms with Crippen LogP contribution in [0, 0.1) is 19.3 Å². The number of benzene rings is 1. The maximum atomic E-state index is 13.6. The summed E-state index contributed by atoms with van der Waals surface area (Å²) in [7, 11) is -5.84. The minimum absolute atomic E-state index is 0.0126. The lowest BCUT2D eigenvalue weighted by atomic mass is 9.89. The van der Waals surface area contributed by atoms with Crippen molar-refractivity contribution in [2.45, 2.75) is 83.9 Å². The maximum absolute atomic E-state index is 13.6. The number of ether oxygens (including phenoxy) is 1. The van der Waals surface area contributed by atoms with E-state index in [2.05, 4.69) is 0 Å². The highest BCUT2D eigenvalue weighted by Gasteiger charge is 2.51. The molecule has 0 spiro atoms. The molecule has 1 N–H and O–H groups in total. The topological polar surface area (TPSA) is 104 Å². The summed E-state index contributed by atoms with van der Waals surface area (Å²) >= 11 is 0. The summed E-state index contributed by atoms with van der Waals surface area (Å²) in [6.45, 7) is 5.39. The van der Waals surface area contributed by atoms with Gasteiger partial charge in [0.05, 0.1) is 17.2 Å². The highest BCUT2D eigenvalue weighted by molar-refractivity contribution is 7.93. The molecule has 12 heteroatoms. The number of anilines is 2. The standard InChI is InChI=1S/C24H33F3N2O6S/c1-15-13-16(2)19(29(36(33,34)24(25,26)27)12-10-23(3,4)22(31)32)14-18(15)28-11-9-20(21(28)30)35-17-7-5-6-8-17/h13-14,17,20H,5-12H2,1-4H3,(H,31,32). The number of carboxylic acids is 1. The van der Waals surface area contributed by atoms with Crippen LogP contribution in [-0.2, 0) is 24.3 Å². The quantitative estimate of drug-likeness (QED) is 0.500. The van der Waals surface area contributed by atoms with E-state index in [1.54, 1.807) is 6.92 Å². The Morgan fingerprint density at radius 1 is 1.14 bits per heavy atom. The van der Waals surface area contributed by atoms with Gasteiger partial charge in [0, 0.05) is 25.2 Å². The summed E-state index contributed by atoms with van der Waals surface area (Å²) in [4.78, 5) is 26.1. The first kappa shape index (κ1) is 28.2. The van der Waals surface area contributed by atoms with Crippen LogP contribution < -0.4 is 9.21 Å². The third kappa shape index (κ3) is 5.64. The molecular formula is C24H33F3N2O6S. The van der Waals surface area contributed by atoms with E-state index in [1.165, 1.54) is 37.8 Å².